The molecule has 0 aliphatic rings. The Balaban J connectivity index is 2.45. The molecule has 0 aliphatic carbocycles. The average molecular weight is 238 g/mol. The summed E-state index contributed by atoms with van der Waals surface area (Å²) in [7, 11) is 1.75. The lowest BCUT2D eigenvalue weighted by molar-refractivity contribution is 0.628. The van der Waals surface area contributed by atoms with Crippen LogP contribution in [0, 0.1) is 5.82 Å². The molecule has 0 amide bonds. The Labute approximate surface area is 97.3 Å². The highest BCUT2D eigenvalue weighted by atomic mass is 35.5. The molecule has 0 saturated carbocycles. The van der Waals surface area contributed by atoms with E-state index in [1.807, 2.05) is 0 Å². The normalized spacial score (nSPS) is 10.2. The number of anilines is 1. The largest absolute Gasteiger partial charge is 0.372 e. The van der Waals surface area contributed by atoms with Gasteiger partial charge in [-0.1, -0.05) is 11.6 Å². The van der Waals surface area contributed by atoms with Gasteiger partial charge in [-0.3, -0.25) is 0 Å². The topological polar surface area (TPSA) is 37.8 Å². The van der Waals surface area contributed by atoms with E-state index in [2.05, 4.69) is 15.5 Å². The molecule has 0 saturated heterocycles. The monoisotopic (exact) mass is 237 g/mol. The molecule has 1 aromatic carbocycles. The zero-order valence-electron chi connectivity index (χ0n) is 8.54. The van der Waals surface area contributed by atoms with Crippen LogP contribution in [0.15, 0.2) is 30.3 Å². The molecule has 3 nitrogen and oxygen atoms in total. The quantitative estimate of drug-likeness (QED) is 0.873. The van der Waals surface area contributed by atoms with Crippen molar-refractivity contribution in [3.8, 4) is 11.3 Å². The molecule has 0 fully saturated rings. The highest BCUT2D eigenvalue weighted by Crippen LogP contribution is 2.26. The predicted octanol–water partition coefficient (Wildman–Crippen LogP) is 2.98. The van der Waals surface area contributed by atoms with Crippen LogP contribution in [0.4, 0.5) is 10.2 Å². The predicted molar refractivity (Wildman–Crippen MR) is 62.0 cm³/mol. The van der Waals surface area contributed by atoms with E-state index in [1.54, 1.807) is 19.2 Å². The first kappa shape index (κ1) is 10.8. The number of nitrogens with zero attached hydrogens (tertiary/aromatic N) is 2. The summed E-state index contributed by atoms with van der Waals surface area (Å²) >= 11 is 5.95. The van der Waals surface area contributed by atoms with Gasteiger partial charge in [0.25, 0.3) is 0 Å². The number of nitrogens with one attached hydrogen (secondary N) is 1. The van der Waals surface area contributed by atoms with Crippen molar-refractivity contribution in [1.29, 1.82) is 0 Å². The van der Waals surface area contributed by atoms with E-state index in [0.29, 0.717) is 22.1 Å². The first-order valence-electron chi connectivity index (χ1n) is 4.67. The third-order valence-electron chi connectivity index (χ3n) is 2.13. The van der Waals surface area contributed by atoms with E-state index in [-0.39, 0.29) is 5.82 Å². The second-order valence-corrected chi connectivity index (χ2v) is 3.59. The molecule has 16 heavy (non-hydrogen) atoms. The Morgan fingerprint density at radius 1 is 1.19 bits per heavy atom. The van der Waals surface area contributed by atoms with Crippen molar-refractivity contribution in [2.75, 3.05) is 12.4 Å². The molecule has 0 radical (unpaired) electrons. The van der Waals surface area contributed by atoms with Crippen molar-refractivity contribution >= 4 is 17.4 Å². The van der Waals surface area contributed by atoms with E-state index in [1.165, 1.54) is 18.2 Å². The molecule has 1 heterocycles. The minimum absolute atomic E-state index is 0.348. The third kappa shape index (κ3) is 2.12. The number of benzene rings is 1. The second-order valence-electron chi connectivity index (χ2n) is 3.18. The Morgan fingerprint density at radius 2 is 2.00 bits per heavy atom. The van der Waals surface area contributed by atoms with Gasteiger partial charge < -0.3 is 5.32 Å². The minimum atomic E-state index is -0.348. The number of halogens is 2. The van der Waals surface area contributed by atoms with E-state index in [4.69, 9.17) is 11.6 Å². The van der Waals surface area contributed by atoms with Crippen molar-refractivity contribution in [2.45, 2.75) is 0 Å². The fourth-order valence-electron chi connectivity index (χ4n) is 1.30. The van der Waals surface area contributed by atoms with Gasteiger partial charge in [-0.15, -0.1) is 10.2 Å². The van der Waals surface area contributed by atoms with E-state index in [9.17, 15) is 4.39 Å². The van der Waals surface area contributed by atoms with Crippen LogP contribution < -0.4 is 5.32 Å². The van der Waals surface area contributed by atoms with Gasteiger partial charge in [-0.05, 0) is 30.3 Å². The molecule has 2 rings (SSSR count). The van der Waals surface area contributed by atoms with Crippen molar-refractivity contribution in [2.24, 2.45) is 0 Å². The smallest absolute Gasteiger partial charge is 0.148 e. The highest BCUT2D eigenvalue weighted by molar-refractivity contribution is 6.33. The number of hydrogen-bond donors (Lipinski definition) is 1. The van der Waals surface area contributed by atoms with Crippen LogP contribution in [-0.4, -0.2) is 17.2 Å². The highest BCUT2D eigenvalue weighted by Gasteiger charge is 2.06. The van der Waals surface area contributed by atoms with Gasteiger partial charge >= 0.3 is 0 Å². The molecular weight excluding hydrogens is 229 g/mol. The number of rotatable bonds is 2. The summed E-state index contributed by atoms with van der Waals surface area (Å²) in [6, 6.07) is 7.63. The summed E-state index contributed by atoms with van der Waals surface area (Å²) < 4.78 is 13.1. The molecule has 2 aromatic rings. The first-order chi connectivity index (χ1) is 7.70. The van der Waals surface area contributed by atoms with Gasteiger partial charge in [0.05, 0.1) is 10.7 Å². The Hall–Kier alpha value is -1.68. The SMILES string of the molecule is CNc1ccc(-c2cc(F)ccc2Cl)nn1. The van der Waals surface area contributed by atoms with Crippen molar-refractivity contribution < 1.29 is 4.39 Å². The molecule has 1 aromatic heterocycles. The molecule has 5 heteroatoms. The van der Waals surface area contributed by atoms with Gasteiger partial charge in [0, 0.05) is 12.6 Å². The molecule has 0 bridgehead atoms. The van der Waals surface area contributed by atoms with Crippen LogP contribution in [0.25, 0.3) is 11.3 Å². The molecule has 0 atom stereocenters. The van der Waals surface area contributed by atoms with Gasteiger partial charge in [-0.25, -0.2) is 4.39 Å². The lowest BCUT2D eigenvalue weighted by Gasteiger charge is -2.04. The third-order valence-corrected chi connectivity index (χ3v) is 2.45. The van der Waals surface area contributed by atoms with Crippen LogP contribution in [0.5, 0.6) is 0 Å². The summed E-state index contributed by atoms with van der Waals surface area (Å²) in [6.45, 7) is 0. The fraction of sp³-hybridized carbons (Fsp3) is 0.0909. The van der Waals surface area contributed by atoms with Crippen molar-refractivity contribution in [3.05, 3.63) is 41.2 Å². The van der Waals surface area contributed by atoms with Crippen LogP contribution in [0.2, 0.25) is 5.02 Å². The molecule has 0 unspecified atom stereocenters. The summed E-state index contributed by atoms with van der Waals surface area (Å²) in [5.41, 5.74) is 1.08. The lowest BCUT2D eigenvalue weighted by atomic mass is 10.1. The summed E-state index contributed by atoms with van der Waals surface area (Å²) in [5.74, 6) is 0.301. The molecular formula is C11H9ClFN3. The van der Waals surface area contributed by atoms with Gasteiger partial charge in [0.1, 0.15) is 11.6 Å². The van der Waals surface area contributed by atoms with E-state index >= 15 is 0 Å². The van der Waals surface area contributed by atoms with Crippen molar-refractivity contribution in [3.63, 3.8) is 0 Å². The standard InChI is InChI=1S/C11H9ClFN3/c1-14-11-5-4-10(15-16-11)8-6-7(13)2-3-9(8)12/h2-6H,1H3,(H,14,16). The van der Waals surface area contributed by atoms with Crippen molar-refractivity contribution in [1.82, 2.24) is 10.2 Å². The van der Waals surface area contributed by atoms with Crippen LogP contribution >= 0.6 is 11.6 Å². The maximum Gasteiger partial charge on any atom is 0.148 e. The average Bonchev–Trinajstić information content (AvgIpc) is 2.32. The molecule has 82 valence electrons. The van der Waals surface area contributed by atoms with Crippen LogP contribution in [0.1, 0.15) is 0 Å². The van der Waals surface area contributed by atoms with Crippen LogP contribution in [0.3, 0.4) is 0 Å². The lowest BCUT2D eigenvalue weighted by Crippen LogP contribution is -1.95. The Kier molecular flexibility index (Phi) is 3.01. The maximum atomic E-state index is 13.1. The fourth-order valence-corrected chi connectivity index (χ4v) is 1.52. The maximum absolute atomic E-state index is 13.1. The zero-order chi connectivity index (χ0) is 11.5. The summed E-state index contributed by atoms with van der Waals surface area (Å²) in [6.07, 6.45) is 0. The molecule has 0 spiro atoms. The number of hydrogen-bond acceptors (Lipinski definition) is 3. The summed E-state index contributed by atoms with van der Waals surface area (Å²) in [4.78, 5) is 0. The Morgan fingerprint density at radius 3 is 2.62 bits per heavy atom. The second kappa shape index (κ2) is 4.45. The Bertz CT molecular complexity index is 499. The van der Waals surface area contributed by atoms with Crippen LogP contribution in [-0.2, 0) is 0 Å². The summed E-state index contributed by atoms with van der Waals surface area (Å²) in [5, 5.41) is 11.2. The zero-order valence-corrected chi connectivity index (χ0v) is 9.29. The molecule has 1 N–H and O–H groups in total. The minimum Gasteiger partial charge on any atom is -0.372 e. The number of aromatic nitrogens is 2. The molecule has 0 aliphatic heterocycles. The van der Waals surface area contributed by atoms with E-state index < -0.39 is 0 Å². The van der Waals surface area contributed by atoms with E-state index in [0.717, 1.165) is 0 Å². The first-order valence-corrected chi connectivity index (χ1v) is 5.05. The van der Waals surface area contributed by atoms with Gasteiger partial charge in [0.2, 0.25) is 0 Å². The van der Waals surface area contributed by atoms with Gasteiger partial charge in [0.15, 0.2) is 0 Å². The van der Waals surface area contributed by atoms with Gasteiger partial charge in [-0.2, -0.15) is 0 Å².